The van der Waals surface area contributed by atoms with E-state index in [9.17, 15) is 0 Å². The molecule has 2 rings (SSSR count). The minimum absolute atomic E-state index is 0.514. The molecule has 1 fully saturated rings. The lowest BCUT2D eigenvalue weighted by Crippen LogP contribution is -2.40. The first-order chi connectivity index (χ1) is 8.19. The molecule has 0 N–H and O–H groups in total. The summed E-state index contributed by atoms with van der Waals surface area (Å²) in [4.78, 5) is 6.51. The molecule has 1 aliphatic heterocycles. The fraction of sp³-hybridized carbons (Fsp3) is 0.571. The van der Waals surface area contributed by atoms with E-state index in [1.165, 1.54) is 18.4 Å². The van der Waals surface area contributed by atoms with Gasteiger partial charge in [-0.25, -0.2) is 4.98 Å². The third-order valence-corrected chi connectivity index (χ3v) is 3.57. The largest absolute Gasteiger partial charge is 0.296 e. The standard InChI is InChI=1S/C14H19N3/c1-11-3-4-12(2)17(9-11)10-13-5-6-16-14(7-13)8-15/h5-7,11-12H,3-4,9-10H2,1-2H3. The van der Waals surface area contributed by atoms with E-state index in [4.69, 9.17) is 5.26 Å². The van der Waals surface area contributed by atoms with E-state index in [0.717, 1.165) is 19.0 Å². The van der Waals surface area contributed by atoms with Crippen LogP contribution in [-0.2, 0) is 6.54 Å². The molecule has 2 heterocycles. The average Bonchev–Trinajstić information content (AvgIpc) is 2.34. The van der Waals surface area contributed by atoms with Gasteiger partial charge in [0, 0.05) is 25.3 Å². The third-order valence-electron chi connectivity index (χ3n) is 3.57. The molecule has 0 aromatic carbocycles. The number of nitriles is 1. The second-order valence-corrected chi connectivity index (χ2v) is 5.12. The van der Waals surface area contributed by atoms with Crippen LogP contribution in [0.15, 0.2) is 18.3 Å². The molecule has 1 aliphatic rings. The first-order valence-corrected chi connectivity index (χ1v) is 6.28. The van der Waals surface area contributed by atoms with Crippen molar-refractivity contribution in [2.24, 2.45) is 5.92 Å². The highest BCUT2D eigenvalue weighted by molar-refractivity contribution is 5.25. The van der Waals surface area contributed by atoms with Gasteiger partial charge in [0.1, 0.15) is 11.8 Å². The summed E-state index contributed by atoms with van der Waals surface area (Å²) < 4.78 is 0. The molecule has 1 saturated heterocycles. The predicted octanol–water partition coefficient (Wildman–Crippen LogP) is 2.57. The highest BCUT2D eigenvalue weighted by atomic mass is 15.2. The van der Waals surface area contributed by atoms with E-state index in [0.29, 0.717) is 11.7 Å². The predicted molar refractivity (Wildman–Crippen MR) is 67.2 cm³/mol. The van der Waals surface area contributed by atoms with Gasteiger partial charge in [0.15, 0.2) is 0 Å². The first-order valence-electron chi connectivity index (χ1n) is 6.28. The summed E-state index contributed by atoms with van der Waals surface area (Å²) in [5, 5.41) is 8.84. The van der Waals surface area contributed by atoms with E-state index < -0.39 is 0 Å². The zero-order chi connectivity index (χ0) is 12.3. The van der Waals surface area contributed by atoms with Crippen LogP contribution in [0.3, 0.4) is 0 Å². The molecule has 3 heteroatoms. The molecule has 2 atom stereocenters. The van der Waals surface area contributed by atoms with Gasteiger partial charge in [0.25, 0.3) is 0 Å². The Balaban J connectivity index is 2.06. The summed E-state index contributed by atoms with van der Waals surface area (Å²) in [5.74, 6) is 0.781. The maximum Gasteiger partial charge on any atom is 0.140 e. The highest BCUT2D eigenvalue weighted by Gasteiger charge is 2.22. The molecule has 2 unspecified atom stereocenters. The molecule has 90 valence electrons. The Labute approximate surface area is 103 Å². The molecular weight excluding hydrogens is 210 g/mol. The van der Waals surface area contributed by atoms with Crippen LogP contribution in [0, 0.1) is 17.2 Å². The van der Waals surface area contributed by atoms with E-state index in [1.54, 1.807) is 6.20 Å². The molecule has 0 saturated carbocycles. The number of hydrogen-bond donors (Lipinski definition) is 0. The second-order valence-electron chi connectivity index (χ2n) is 5.12. The summed E-state index contributed by atoms with van der Waals surface area (Å²) >= 11 is 0. The van der Waals surface area contributed by atoms with Gasteiger partial charge in [-0.15, -0.1) is 0 Å². The number of pyridine rings is 1. The molecular formula is C14H19N3. The highest BCUT2D eigenvalue weighted by Crippen LogP contribution is 2.23. The van der Waals surface area contributed by atoms with Crippen LogP contribution in [0.5, 0.6) is 0 Å². The van der Waals surface area contributed by atoms with Gasteiger partial charge in [0.2, 0.25) is 0 Å². The minimum Gasteiger partial charge on any atom is -0.296 e. The monoisotopic (exact) mass is 229 g/mol. The number of likely N-dealkylation sites (tertiary alicyclic amines) is 1. The number of aromatic nitrogens is 1. The van der Waals surface area contributed by atoms with Crippen molar-refractivity contribution in [1.29, 1.82) is 5.26 Å². The van der Waals surface area contributed by atoms with Gasteiger partial charge in [-0.3, -0.25) is 4.90 Å². The van der Waals surface area contributed by atoms with Crippen LogP contribution in [0.25, 0.3) is 0 Å². The van der Waals surface area contributed by atoms with Crippen molar-refractivity contribution >= 4 is 0 Å². The fourth-order valence-corrected chi connectivity index (χ4v) is 2.47. The zero-order valence-corrected chi connectivity index (χ0v) is 10.6. The Morgan fingerprint density at radius 3 is 3.06 bits per heavy atom. The Morgan fingerprint density at radius 2 is 2.29 bits per heavy atom. The summed E-state index contributed by atoms with van der Waals surface area (Å²) in [6.45, 7) is 6.69. The van der Waals surface area contributed by atoms with Gasteiger partial charge in [-0.2, -0.15) is 5.26 Å². The van der Waals surface area contributed by atoms with Crippen molar-refractivity contribution in [1.82, 2.24) is 9.88 Å². The SMILES string of the molecule is CC1CCC(C)N(Cc2ccnc(C#N)c2)C1. The molecule has 17 heavy (non-hydrogen) atoms. The van der Waals surface area contributed by atoms with Gasteiger partial charge in [0.05, 0.1) is 0 Å². The Morgan fingerprint density at radius 1 is 1.47 bits per heavy atom. The lowest BCUT2D eigenvalue weighted by Gasteiger charge is -2.36. The van der Waals surface area contributed by atoms with Crippen molar-refractivity contribution in [2.75, 3.05) is 6.54 Å². The summed E-state index contributed by atoms with van der Waals surface area (Å²) in [7, 11) is 0. The molecule has 1 aromatic rings. The molecule has 1 aromatic heterocycles. The quantitative estimate of drug-likeness (QED) is 0.782. The third kappa shape index (κ3) is 3.04. The number of rotatable bonds is 2. The smallest absolute Gasteiger partial charge is 0.140 e. The summed E-state index contributed by atoms with van der Waals surface area (Å²) in [5.41, 5.74) is 1.71. The van der Waals surface area contributed by atoms with Crippen LogP contribution in [0.1, 0.15) is 37.9 Å². The van der Waals surface area contributed by atoms with Crippen LogP contribution < -0.4 is 0 Å². The minimum atomic E-state index is 0.514. The Kier molecular flexibility index (Phi) is 3.75. The second kappa shape index (κ2) is 5.29. The van der Waals surface area contributed by atoms with Gasteiger partial charge >= 0.3 is 0 Å². The summed E-state index contributed by atoms with van der Waals surface area (Å²) in [6.07, 6.45) is 4.33. The van der Waals surface area contributed by atoms with Crippen molar-refractivity contribution < 1.29 is 0 Å². The number of hydrogen-bond acceptors (Lipinski definition) is 3. The van der Waals surface area contributed by atoms with Crippen molar-refractivity contribution in [3.8, 4) is 6.07 Å². The normalized spacial score (nSPS) is 25.5. The van der Waals surface area contributed by atoms with Crippen LogP contribution in [0.2, 0.25) is 0 Å². The van der Waals surface area contributed by atoms with Crippen LogP contribution in [0.4, 0.5) is 0 Å². The van der Waals surface area contributed by atoms with Crippen molar-refractivity contribution in [3.05, 3.63) is 29.6 Å². The molecule has 0 spiro atoms. The van der Waals surface area contributed by atoms with Crippen molar-refractivity contribution in [2.45, 2.75) is 39.3 Å². The average molecular weight is 229 g/mol. The van der Waals surface area contributed by atoms with Crippen molar-refractivity contribution in [3.63, 3.8) is 0 Å². The maximum atomic E-state index is 8.84. The van der Waals surface area contributed by atoms with E-state index in [1.807, 2.05) is 12.1 Å². The molecule has 0 amide bonds. The van der Waals surface area contributed by atoms with Gasteiger partial charge in [-0.05, 0) is 43.4 Å². The lowest BCUT2D eigenvalue weighted by atomic mass is 9.94. The van der Waals surface area contributed by atoms with E-state index in [2.05, 4.69) is 29.8 Å². The molecule has 0 aliphatic carbocycles. The van der Waals surface area contributed by atoms with E-state index in [-0.39, 0.29) is 0 Å². The Hall–Kier alpha value is -1.40. The van der Waals surface area contributed by atoms with Gasteiger partial charge in [-0.1, -0.05) is 6.92 Å². The van der Waals surface area contributed by atoms with Gasteiger partial charge < -0.3 is 0 Å². The van der Waals surface area contributed by atoms with Crippen LogP contribution >= 0.6 is 0 Å². The topological polar surface area (TPSA) is 39.9 Å². The molecule has 3 nitrogen and oxygen atoms in total. The zero-order valence-electron chi connectivity index (χ0n) is 10.6. The maximum absolute atomic E-state index is 8.84. The lowest BCUT2D eigenvalue weighted by molar-refractivity contribution is 0.117. The fourth-order valence-electron chi connectivity index (χ4n) is 2.47. The summed E-state index contributed by atoms with van der Waals surface area (Å²) in [6, 6.07) is 6.64. The molecule has 0 bridgehead atoms. The van der Waals surface area contributed by atoms with Crippen LogP contribution in [-0.4, -0.2) is 22.5 Å². The first kappa shape index (κ1) is 12.1. The molecule has 0 radical (unpaired) electrons. The Bertz CT molecular complexity index is 422. The number of nitrogens with zero attached hydrogens (tertiary/aromatic N) is 3. The number of piperidine rings is 1. The van der Waals surface area contributed by atoms with E-state index >= 15 is 0 Å².